The van der Waals surface area contributed by atoms with Crippen LogP contribution in [0.2, 0.25) is 0 Å². The first-order chi connectivity index (χ1) is 9.93. The summed E-state index contributed by atoms with van der Waals surface area (Å²) >= 11 is 0. The minimum atomic E-state index is -0.970. The Kier molecular flexibility index (Phi) is 7.20. The Morgan fingerprint density at radius 3 is 2.05 bits per heavy atom. The molecule has 0 atom stereocenters. The van der Waals surface area contributed by atoms with Gasteiger partial charge in [0, 0.05) is 19.1 Å². The highest BCUT2D eigenvalue weighted by Crippen LogP contribution is 2.23. The number of nitrogens with zero attached hydrogens (tertiary/aromatic N) is 1. The molecular weight excluding hydrogens is 264 g/mol. The topological polar surface area (TPSA) is 49.4 Å². The summed E-state index contributed by atoms with van der Waals surface area (Å²) in [5.74, 6) is -0.156. The van der Waals surface area contributed by atoms with E-state index in [1.54, 1.807) is 13.8 Å². The molecule has 1 rings (SSSR count). The Morgan fingerprint density at radius 2 is 1.57 bits per heavy atom. The lowest BCUT2D eigenvalue weighted by Crippen LogP contribution is -2.52. The first-order valence-corrected chi connectivity index (χ1v) is 8.53. The minimum absolute atomic E-state index is 0.0421. The number of carbonyl (C=O) groups is 2. The number of carbonyl (C=O) groups excluding carboxylic acids is 2. The van der Waals surface area contributed by atoms with Gasteiger partial charge in [-0.1, -0.05) is 33.1 Å². The summed E-state index contributed by atoms with van der Waals surface area (Å²) in [6, 6.07) is 0.254. The van der Waals surface area contributed by atoms with E-state index in [1.165, 1.54) is 19.3 Å². The highest BCUT2D eigenvalue weighted by molar-refractivity contribution is 6.04. The van der Waals surface area contributed by atoms with Gasteiger partial charge in [0.2, 0.25) is 11.8 Å². The van der Waals surface area contributed by atoms with Gasteiger partial charge in [0.25, 0.3) is 0 Å². The zero-order valence-corrected chi connectivity index (χ0v) is 14.2. The third-order valence-corrected chi connectivity index (χ3v) is 4.32. The molecule has 0 aromatic heterocycles. The van der Waals surface area contributed by atoms with Crippen LogP contribution in [0.1, 0.15) is 72.6 Å². The molecule has 0 bridgehead atoms. The summed E-state index contributed by atoms with van der Waals surface area (Å²) in [4.78, 5) is 27.1. The molecule has 0 radical (unpaired) electrons. The van der Waals surface area contributed by atoms with E-state index in [0.29, 0.717) is 0 Å². The lowest BCUT2D eigenvalue weighted by molar-refractivity contribution is -0.149. The molecule has 0 saturated heterocycles. The van der Waals surface area contributed by atoms with Gasteiger partial charge in [0.05, 0.1) is 0 Å². The predicted octanol–water partition coefficient (Wildman–Crippen LogP) is 3.11. The molecule has 21 heavy (non-hydrogen) atoms. The molecule has 0 aromatic rings. The molecule has 4 nitrogen and oxygen atoms in total. The summed E-state index contributed by atoms with van der Waals surface area (Å²) < 4.78 is 0. The van der Waals surface area contributed by atoms with Gasteiger partial charge in [-0.05, 0) is 39.5 Å². The van der Waals surface area contributed by atoms with E-state index in [9.17, 15) is 9.59 Å². The average molecular weight is 296 g/mol. The van der Waals surface area contributed by atoms with Crippen molar-refractivity contribution in [2.45, 2.75) is 78.7 Å². The number of hydrogen-bond donors (Lipinski definition) is 1. The van der Waals surface area contributed by atoms with Crippen LogP contribution < -0.4 is 5.32 Å². The first kappa shape index (κ1) is 18.0. The third kappa shape index (κ3) is 5.01. The van der Waals surface area contributed by atoms with Gasteiger partial charge in [-0.3, -0.25) is 9.59 Å². The van der Waals surface area contributed by atoms with Crippen LogP contribution in [0.4, 0.5) is 0 Å². The molecule has 0 spiro atoms. The largest absolute Gasteiger partial charge is 0.352 e. The van der Waals surface area contributed by atoms with E-state index in [0.717, 1.165) is 38.8 Å². The second-order valence-corrected chi connectivity index (χ2v) is 6.73. The van der Waals surface area contributed by atoms with Gasteiger partial charge in [-0.2, -0.15) is 0 Å². The molecule has 0 unspecified atom stereocenters. The monoisotopic (exact) mass is 296 g/mol. The Labute approximate surface area is 129 Å². The molecule has 1 N–H and O–H groups in total. The molecule has 0 aliphatic heterocycles. The Bertz CT molecular complexity index is 341. The van der Waals surface area contributed by atoms with Crippen LogP contribution >= 0.6 is 0 Å². The van der Waals surface area contributed by atoms with Crippen LogP contribution in [0.5, 0.6) is 0 Å². The number of hydrogen-bond acceptors (Lipinski definition) is 2. The van der Waals surface area contributed by atoms with Gasteiger partial charge in [-0.15, -0.1) is 0 Å². The molecular formula is C17H32N2O2. The van der Waals surface area contributed by atoms with Crippen molar-refractivity contribution >= 4 is 11.8 Å². The van der Waals surface area contributed by atoms with Gasteiger partial charge in [0.1, 0.15) is 5.41 Å². The van der Waals surface area contributed by atoms with Crippen molar-refractivity contribution in [1.82, 2.24) is 10.2 Å². The van der Waals surface area contributed by atoms with E-state index in [2.05, 4.69) is 19.2 Å². The normalized spacial score (nSPS) is 16.6. The zero-order chi connectivity index (χ0) is 15.9. The fourth-order valence-corrected chi connectivity index (χ4v) is 2.96. The van der Waals surface area contributed by atoms with Crippen LogP contribution in [0, 0.1) is 5.41 Å². The van der Waals surface area contributed by atoms with E-state index in [4.69, 9.17) is 0 Å². The summed E-state index contributed by atoms with van der Waals surface area (Å²) in [5.41, 5.74) is -0.970. The van der Waals surface area contributed by atoms with Crippen molar-refractivity contribution in [2.75, 3.05) is 13.1 Å². The Balaban J connectivity index is 2.66. The van der Waals surface area contributed by atoms with E-state index in [-0.39, 0.29) is 17.9 Å². The molecule has 1 fully saturated rings. The van der Waals surface area contributed by atoms with Crippen molar-refractivity contribution in [2.24, 2.45) is 5.41 Å². The quantitative estimate of drug-likeness (QED) is 0.734. The van der Waals surface area contributed by atoms with Gasteiger partial charge < -0.3 is 10.2 Å². The first-order valence-electron chi connectivity index (χ1n) is 8.53. The number of nitrogens with one attached hydrogen (secondary N) is 1. The second-order valence-electron chi connectivity index (χ2n) is 6.73. The Hall–Kier alpha value is -1.06. The van der Waals surface area contributed by atoms with Crippen molar-refractivity contribution in [3.63, 3.8) is 0 Å². The van der Waals surface area contributed by atoms with E-state index >= 15 is 0 Å². The summed E-state index contributed by atoms with van der Waals surface area (Å²) in [6.07, 6.45) is 7.55. The fraction of sp³-hybridized carbons (Fsp3) is 0.882. The molecule has 4 heteroatoms. The van der Waals surface area contributed by atoms with Gasteiger partial charge in [0.15, 0.2) is 0 Å². The summed E-state index contributed by atoms with van der Waals surface area (Å²) in [6.45, 7) is 9.09. The molecule has 1 aliphatic rings. The summed E-state index contributed by atoms with van der Waals surface area (Å²) in [7, 11) is 0. The lowest BCUT2D eigenvalue weighted by Gasteiger charge is -2.33. The maximum Gasteiger partial charge on any atom is 0.237 e. The number of amides is 2. The van der Waals surface area contributed by atoms with Crippen molar-refractivity contribution < 1.29 is 9.59 Å². The lowest BCUT2D eigenvalue weighted by atomic mass is 9.88. The summed E-state index contributed by atoms with van der Waals surface area (Å²) in [5, 5.41) is 3.09. The number of rotatable bonds is 7. The molecule has 1 aliphatic carbocycles. The van der Waals surface area contributed by atoms with E-state index in [1.807, 2.05) is 4.90 Å². The predicted molar refractivity (Wildman–Crippen MR) is 86.0 cm³/mol. The van der Waals surface area contributed by atoms with Crippen LogP contribution in [0.25, 0.3) is 0 Å². The molecule has 0 heterocycles. The standard InChI is InChI=1S/C17H32N2O2/c1-5-12-19(13-6-2)16(21)17(3,4)15(20)18-14-10-8-7-9-11-14/h14H,5-13H2,1-4H3,(H,18,20). The maximum absolute atomic E-state index is 12.7. The maximum atomic E-state index is 12.7. The molecule has 0 aromatic carbocycles. The van der Waals surface area contributed by atoms with Crippen LogP contribution in [-0.4, -0.2) is 35.8 Å². The fourth-order valence-electron chi connectivity index (χ4n) is 2.96. The van der Waals surface area contributed by atoms with Crippen molar-refractivity contribution in [3.05, 3.63) is 0 Å². The van der Waals surface area contributed by atoms with Crippen LogP contribution in [0.3, 0.4) is 0 Å². The SMILES string of the molecule is CCCN(CCC)C(=O)C(C)(C)C(=O)NC1CCCCC1. The molecule has 1 saturated carbocycles. The van der Waals surface area contributed by atoms with Gasteiger partial charge in [-0.25, -0.2) is 0 Å². The van der Waals surface area contributed by atoms with Gasteiger partial charge >= 0.3 is 0 Å². The highest BCUT2D eigenvalue weighted by Gasteiger charge is 2.39. The third-order valence-electron chi connectivity index (χ3n) is 4.32. The van der Waals surface area contributed by atoms with Crippen LogP contribution in [-0.2, 0) is 9.59 Å². The smallest absolute Gasteiger partial charge is 0.237 e. The molecule has 122 valence electrons. The van der Waals surface area contributed by atoms with Crippen molar-refractivity contribution in [1.29, 1.82) is 0 Å². The zero-order valence-electron chi connectivity index (χ0n) is 14.2. The van der Waals surface area contributed by atoms with Crippen molar-refractivity contribution in [3.8, 4) is 0 Å². The minimum Gasteiger partial charge on any atom is -0.352 e. The second kappa shape index (κ2) is 8.40. The van der Waals surface area contributed by atoms with E-state index < -0.39 is 5.41 Å². The van der Waals surface area contributed by atoms with Crippen LogP contribution in [0.15, 0.2) is 0 Å². The highest BCUT2D eigenvalue weighted by atomic mass is 16.2. The average Bonchev–Trinajstić information content (AvgIpc) is 2.47. The molecule has 2 amide bonds. The Morgan fingerprint density at radius 1 is 1.05 bits per heavy atom.